The number of carboxylic acid groups (broad SMARTS) is 1. The Hall–Kier alpha value is -2.21. The predicted molar refractivity (Wildman–Crippen MR) is 82.4 cm³/mol. The molecule has 0 amide bonds. The summed E-state index contributed by atoms with van der Waals surface area (Å²) in [6.07, 6.45) is 0.765. The maximum atomic E-state index is 11.0. The number of aromatic carboxylic acids is 1. The van der Waals surface area contributed by atoms with E-state index in [1.165, 1.54) is 11.3 Å². The van der Waals surface area contributed by atoms with E-state index < -0.39 is 5.97 Å². The van der Waals surface area contributed by atoms with Crippen LogP contribution in [0.5, 0.6) is 0 Å². The third-order valence-electron chi connectivity index (χ3n) is 3.42. The number of carbonyl (C=O) groups is 1. The number of nitrogens with zero attached hydrogens (tertiary/aromatic N) is 3. The molecule has 2 aromatic rings. The Labute approximate surface area is 126 Å². The van der Waals surface area contributed by atoms with Crippen LogP contribution in [-0.2, 0) is 13.0 Å². The van der Waals surface area contributed by atoms with Gasteiger partial charge in [-0.05, 0) is 19.1 Å². The van der Waals surface area contributed by atoms with Crippen LogP contribution in [0.1, 0.15) is 27.3 Å². The largest absolute Gasteiger partial charge is 0.476 e. The topological polar surface area (TPSA) is 65.8 Å². The molecular formula is C15H15N3O2S. The first-order valence-electron chi connectivity index (χ1n) is 6.70. The van der Waals surface area contributed by atoms with E-state index >= 15 is 0 Å². The Morgan fingerprint density at radius 1 is 1.38 bits per heavy atom. The number of aromatic nitrogens is 1. The summed E-state index contributed by atoms with van der Waals surface area (Å²) < 4.78 is 0. The molecule has 108 valence electrons. The molecule has 5 nitrogen and oxygen atoms in total. The van der Waals surface area contributed by atoms with Gasteiger partial charge in [0, 0.05) is 17.8 Å². The third-order valence-corrected chi connectivity index (χ3v) is 4.49. The number of rotatable bonds is 2. The molecule has 0 aliphatic carbocycles. The number of aliphatic imine (C=N–C) groups is 1. The van der Waals surface area contributed by atoms with Gasteiger partial charge >= 0.3 is 5.97 Å². The van der Waals surface area contributed by atoms with Gasteiger partial charge in [-0.2, -0.15) is 0 Å². The van der Waals surface area contributed by atoms with Gasteiger partial charge in [0.25, 0.3) is 0 Å². The summed E-state index contributed by atoms with van der Waals surface area (Å²) in [4.78, 5) is 23.0. The number of carboxylic acids is 1. The molecular weight excluding hydrogens is 286 g/mol. The Kier molecular flexibility index (Phi) is 3.70. The number of hydrogen-bond donors (Lipinski definition) is 1. The minimum Gasteiger partial charge on any atom is -0.476 e. The minimum absolute atomic E-state index is 0.180. The van der Waals surface area contributed by atoms with Crippen LogP contribution in [0, 0.1) is 0 Å². The lowest BCUT2D eigenvalue weighted by atomic mass is 10.2. The first kappa shape index (κ1) is 13.8. The molecule has 2 heterocycles. The SMILES string of the molecule is CC(=Nc1ccccc1)N1CCc2nc(C(=O)O)sc2C1. The molecule has 3 rings (SSSR count). The fourth-order valence-corrected chi connectivity index (χ4v) is 3.29. The molecule has 1 aliphatic heterocycles. The summed E-state index contributed by atoms with van der Waals surface area (Å²) in [7, 11) is 0. The molecule has 0 spiro atoms. The quantitative estimate of drug-likeness (QED) is 0.684. The van der Waals surface area contributed by atoms with Crippen LogP contribution >= 0.6 is 11.3 Å². The summed E-state index contributed by atoms with van der Waals surface area (Å²) in [6, 6.07) is 9.82. The minimum atomic E-state index is -0.948. The van der Waals surface area contributed by atoms with E-state index in [1.807, 2.05) is 37.3 Å². The second-order valence-corrected chi connectivity index (χ2v) is 5.94. The van der Waals surface area contributed by atoms with Crippen molar-refractivity contribution in [1.82, 2.24) is 9.88 Å². The molecule has 21 heavy (non-hydrogen) atoms. The van der Waals surface area contributed by atoms with E-state index in [0.29, 0.717) is 6.54 Å². The summed E-state index contributed by atoms with van der Waals surface area (Å²) in [6.45, 7) is 3.48. The highest BCUT2D eigenvalue weighted by Crippen LogP contribution is 2.26. The van der Waals surface area contributed by atoms with Gasteiger partial charge in [-0.25, -0.2) is 14.8 Å². The highest BCUT2D eigenvalue weighted by atomic mass is 32.1. The van der Waals surface area contributed by atoms with Crippen molar-refractivity contribution in [3.63, 3.8) is 0 Å². The Morgan fingerprint density at radius 2 is 2.14 bits per heavy atom. The lowest BCUT2D eigenvalue weighted by Gasteiger charge is -2.27. The maximum absolute atomic E-state index is 11.0. The molecule has 0 fully saturated rings. The zero-order chi connectivity index (χ0) is 14.8. The van der Waals surface area contributed by atoms with Crippen LogP contribution in [0.25, 0.3) is 0 Å². The first-order chi connectivity index (χ1) is 10.1. The van der Waals surface area contributed by atoms with Gasteiger partial charge in [-0.15, -0.1) is 11.3 Å². The summed E-state index contributed by atoms with van der Waals surface area (Å²) in [5.41, 5.74) is 1.84. The highest BCUT2D eigenvalue weighted by molar-refractivity contribution is 7.13. The van der Waals surface area contributed by atoms with Crippen LogP contribution < -0.4 is 0 Å². The smallest absolute Gasteiger partial charge is 0.365 e. The van der Waals surface area contributed by atoms with Crippen molar-refractivity contribution < 1.29 is 9.90 Å². The Balaban J connectivity index is 1.79. The zero-order valence-electron chi connectivity index (χ0n) is 11.6. The molecule has 1 aromatic carbocycles. The summed E-state index contributed by atoms with van der Waals surface area (Å²) in [5, 5.41) is 9.19. The number of hydrogen-bond acceptors (Lipinski definition) is 4. The van der Waals surface area contributed by atoms with E-state index in [0.717, 1.165) is 35.1 Å². The number of para-hydroxylation sites is 1. The Bertz CT molecular complexity index is 694. The normalized spacial score (nSPS) is 14.9. The van der Waals surface area contributed by atoms with Crippen molar-refractivity contribution in [2.24, 2.45) is 4.99 Å². The van der Waals surface area contributed by atoms with Crippen molar-refractivity contribution in [1.29, 1.82) is 0 Å². The van der Waals surface area contributed by atoms with Crippen molar-refractivity contribution >= 4 is 28.8 Å². The maximum Gasteiger partial charge on any atom is 0.365 e. The number of thiazole rings is 1. The van der Waals surface area contributed by atoms with Gasteiger partial charge in [0.15, 0.2) is 0 Å². The van der Waals surface area contributed by atoms with Crippen molar-refractivity contribution in [3.05, 3.63) is 45.9 Å². The molecule has 0 saturated heterocycles. The van der Waals surface area contributed by atoms with Gasteiger partial charge in [0.1, 0.15) is 5.84 Å². The van der Waals surface area contributed by atoms with Gasteiger partial charge in [-0.3, -0.25) is 0 Å². The van der Waals surface area contributed by atoms with Gasteiger partial charge < -0.3 is 10.0 Å². The molecule has 0 radical (unpaired) electrons. The van der Waals surface area contributed by atoms with Gasteiger partial charge in [0.05, 0.1) is 17.9 Å². The van der Waals surface area contributed by atoms with Crippen LogP contribution in [0.3, 0.4) is 0 Å². The van der Waals surface area contributed by atoms with E-state index in [2.05, 4.69) is 14.9 Å². The molecule has 1 N–H and O–H groups in total. The van der Waals surface area contributed by atoms with Crippen molar-refractivity contribution in [2.45, 2.75) is 19.9 Å². The van der Waals surface area contributed by atoms with Crippen LogP contribution in [-0.4, -0.2) is 33.3 Å². The fraction of sp³-hybridized carbons (Fsp3) is 0.267. The summed E-state index contributed by atoms with van der Waals surface area (Å²) in [5.74, 6) is -0.00671. The number of fused-ring (bicyclic) bond motifs is 1. The molecule has 0 atom stereocenters. The van der Waals surface area contributed by atoms with Gasteiger partial charge in [0.2, 0.25) is 5.01 Å². The molecule has 1 aliphatic rings. The fourth-order valence-electron chi connectivity index (χ4n) is 2.32. The molecule has 1 aromatic heterocycles. The standard InChI is InChI=1S/C15H15N3O2S/c1-10(16-11-5-3-2-4-6-11)18-8-7-12-13(9-18)21-14(17-12)15(19)20/h2-6H,7-9H2,1H3,(H,19,20). The van der Waals surface area contributed by atoms with Crippen LogP contribution in [0.4, 0.5) is 5.69 Å². The monoisotopic (exact) mass is 301 g/mol. The van der Waals surface area contributed by atoms with Crippen LogP contribution in [0.15, 0.2) is 35.3 Å². The first-order valence-corrected chi connectivity index (χ1v) is 7.52. The highest BCUT2D eigenvalue weighted by Gasteiger charge is 2.23. The zero-order valence-corrected chi connectivity index (χ0v) is 12.4. The van der Waals surface area contributed by atoms with E-state index in [4.69, 9.17) is 5.11 Å². The average Bonchev–Trinajstić information content (AvgIpc) is 2.91. The predicted octanol–water partition coefficient (Wildman–Crippen LogP) is 2.95. The number of amidine groups is 1. The Morgan fingerprint density at radius 3 is 2.86 bits per heavy atom. The second kappa shape index (κ2) is 5.65. The van der Waals surface area contributed by atoms with E-state index in [9.17, 15) is 4.79 Å². The lowest BCUT2D eigenvalue weighted by Crippen LogP contribution is -2.33. The summed E-state index contributed by atoms with van der Waals surface area (Å²) >= 11 is 1.26. The van der Waals surface area contributed by atoms with Gasteiger partial charge in [-0.1, -0.05) is 18.2 Å². The molecule has 0 unspecified atom stereocenters. The van der Waals surface area contributed by atoms with Crippen molar-refractivity contribution in [3.8, 4) is 0 Å². The molecule has 0 saturated carbocycles. The molecule has 0 bridgehead atoms. The average molecular weight is 301 g/mol. The second-order valence-electron chi connectivity index (χ2n) is 4.86. The molecule has 6 heteroatoms. The van der Waals surface area contributed by atoms with Crippen LogP contribution in [0.2, 0.25) is 0 Å². The number of benzene rings is 1. The van der Waals surface area contributed by atoms with Crippen molar-refractivity contribution in [2.75, 3.05) is 6.54 Å². The van der Waals surface area contributed by atoms with E-state index in [1.54, 1.807) is 0 Å². The van der Waals surface area contributed by atoms with E-state index in [-0.39, 0.29) is 5.01 Å². The third kappa shape index (κ3) is 2.95. The lowest BCUT2D eigenvalue weighted by molar-refractivity contribution is 0.0696.